The Morgan fingerprint density at radius 1 is 0.893 bits per heavy atom. The predicted octanol–water partition coefficient (Wildman–Crippen LogP) is 3.70. The summed E-state index contributed by atoms with van der Waals surface area (Å²) >= 11 is 0. The second-order valence-electron chi connectivity index (χ2n) is 5.91. The highest BCUT2D eigenvalue weighted by molar-refractivity contribution is 7.92. The van der Waals surface area contributed by atoms with Gasteiger partial charge in [-0.3, -0.25) is 9.52 Å². The van der Waals surface area contributed by atoms with Gasteiger partial charge in [0, 0.05) is 23.4 Å². The number of nitrogens with one attached hydrogen (secondary N) is 2. The third-order valence-electron chi connectivity index (χ3n) is 3.90. The maximum absolute atomic E-state index is 13.6. The number of benzene rings is 3. The Morgan fingerprint density at radius 2 is 1.57 bits per heavy atom. The van der Waals surface area contributed by atoms with E-state index < -0.39 is 27.6 Å². The van der Waals surface area contributed by atoms with Gasteiger partial charge in [0.1, 0.15) is 11.6 Å². The molecule has 0 atom stereocenters. The minimum atomic E-state index is -3.79. The van der Waals surface area contributed by atoms with E-state index in [1.807, 2.05) is 0 Å². The molecule has 8 heteroatoms. The van der Waals surface area contributed by atoms with Crippen LogP contribution in [0.25, 0.3) is 0 Å². The van der Waals surface area contributed by atoms with Crippen LogP contribution in [0.5, 0.6) is 0 Å². The van der Waals surface area contributed by atoms with Gasteiger partial charge >= 0.3 is 0 Å². The number of carbonyl (C=O) groups is 1. The summed E-state index contributed by atoms with van der Waals surface area (Å²) in [5, 5.41) is 2.47. The van der Waals surface area contributed by atoms with Crippen LogP contribution < -0.4 is 10.0 Å². The fourth-order valence-corrected chi connectivity index (χ4v) is 3.52. The summed E-state index contributed by atoms with van der Waals surface area (Å²) < 4.78 is 53.9. The van der Waals surface area contributed by atoms with Crippen LogP contribution in [0.2, 0.25) is 0 Å². The van der Waals surface area contributed by atoms with E-state index in [0.717, 1.165) is 18.2 Å². The van der Waals surface area contributed by atoms with Crippen molar-refractivity contribution in [2.45, 2.75) is 11.4 Å². The molecule has 0 fully saturated rings. The van der Waals surface area contributed by atoms with Crippen LogP contribution in [0.1, 0.15) is 15.9 Å². The molecule has 0 saturated heterocycles. The van der Waals surface area contributed by atoms with Crippen molar-refractivity contribution < 1.29 is 22.0 Å². The zero-order chi connectivity index (χ0) is 20.1. The van der Waals surface area contributed by atoms with Gasteiger partial charge in [-0.25, -0.2) is 17.2 Å². The number of para-hydroxylation sites is 1. The van der Waals surface area contributed by atoms with Crippen molar-refractivity contribution in [3.05, 3.63) is 95.6 Å². The van der Waals surface area contributed by atoms with Gasteiger partial charge in [-0.1, -0.05) is 18.2 Å². The monoisotopic (exact) mass is 402 g/mol. The van der Waals surface area contributed by atoms with Crippen molar-refractivity contribution in [1.82, 2.24) is 5.32 Å². The molecule has 0 radical (unpaired) electrons. The van der Waals surface area contributed by atoms with Gasteiger partial charge in [0.15, 0.2) is 0 Å². The Kier molecular flexibility index (Phi) is 5.70. The molecule has 2 N–H and O–H groups in total. The van der Waals surface area contributed by atoms with Crippen LogP contribution in [0.15, 0.2) is 77.7 Å². The van der Waals surface area contributed by atoms with E-state index in [2.05, 4.69) is 10.0 Å². The van der Waals surface area contributed by atoms with E-state index >= 15 is 0 Å². The number of rotatable bonds is 6. The van der Waals surface area contributed by atoms with E-state index in [1.54, 1.807) is 30.3 Å². The predicted molar refractivity (Wildman–Crippen MR) is 101 cm³/mol. The Morgan fingerprint density at radius 3 is 2.25 bits per heavy atom. The first-order valence-electron chi connectivity index (χ1n) is 8.25. The second-order valence-corrected chi connectivity index (χ2v) is 7.60. The summed E-state index contributed by atoms with van der Waals surface area (Å²) in [4.78, 5) is 12.2. The third-order valence-corrected chi connectivity index (χ3v) is 5.30. The smallest absolute Gasteiger partial charge is 0.261 e. The normalized spacial score (nSPS) is 11.1. The molecule has 3 rings (SSSR count). The lowest BCUT2D eigenvalue weighted by Crippen LogP contribution is -2.23. The van der Waals surface area contributed by atoms with E-state index in [-0.39, 0.29) is 22.6 Å². The van der Waals surface area contributed by atoms with E-state index in [4.69, 9.17) is 0 Å². The average molecular weight is 402 g/mol. The summed E-state index contributed by atoms with van der Waals surface area (Å²) in [7, 11) is -3.79. The molecule has 0 unspecified atom stereocenters. The Balaban J connectivity index is 1.68. The molecule has 28 heavy (non-hydrogen) atoms. The molecule has 0 spiro atoms. The summed E-state index contributed by atoms with van der Waals surface area (Å²) in [5.41, 5.74) is 0.622. The van der Waals surface area contributed by atoms with Crippen LogP contribution in [0.4, 0.5) is 14.5 Å². The number of halogens is 2. The lowest BCUT2D eigenvalue weighted by atomic mass is 10.2. The molecule has 3 aromatic carbocycles. The van der Waals surface area contributed by atoms with E-state index in [1.165, 1.54) is 24.3 Å². The Hall–Kier alpha value is -3.26. The molecular formula is C20H16F2N2O3S. The van der Waals surface area contributed by atoms with E-state index in [0.29, 0.717) is 5.69 Å². The number of carbonyl (C=O) groups excluding carboxylic acids is 1. The molecule has 3 aromatic rings. The molecule has 0 aromatic heterocycles. The Bertz CT molecular complexity index is 1090. The maximum Gasteiger partial charge on any atom is 0.261 e. The van der Waals surface area contributed by atoms with Crippen molar-refractivity contribution in [2.24, 2.45) is 0 Å². The lowest BCUT2D eigenvalue weighted by molar-refractivity contribution is 0.0950. The number of amides is 1. The highest BCUT2D eigenvalue weighted by Gasteiger charge is 2.15. The zero-order valence-corrected chi connectivity index (χ0v) is 15.3. The van der Waals surface area contributed by atoms with Crippen LogP contribution in [0, 0.1) is 11.6 Å². The van der Waals surface area contributed by atoms with Crippen molar-refractivity contribution in [3.8, 4) is 0 Å². The summed E-state index contributed by atoms with van der Waals surface area (Å²) in [6.45, 7) is -0.196. The molecule has 0 aliphatic rings. The van der Waals surface area contributed by atoms with Gasteiger partial charge in [0.05, 0.1) is 4.90 Å². The molecule has 0 bridgehead atoms. The van der Waals surface area contributed by atoms with Gasteiger partial charge in [0.2, 0.25) is 0 Å². The van der Waals surface area contributed by atoms with Crippen molar-refractivity contribution in [3.63, 3.8) is 0 Å². The highest BCUT2D eigenvalue weighted by atomic mass is 32.2. The van der Waals surface area contributed by atoms with Crippen LogP contribution >= 0.6 is 0 Å². The topological polar surface area (TPSA) is 75.3 Å². The van der Waals surface area contributed by atoms with Crippen LogP contribution in [0.3, 0.4) is 0 Å². The Labute approximate surface area is 161 Å². The number of sulfonamides is 1. The van der Waals surface area contributed by atoms with Crippen LogP contribution in [-0.4, -0.2) is 14.3 Å². The molecule has 0 aliphatic heterocycles. The molecule has 1 amide bonds. The molecule has 5 nitrogen and oxygen atoms in total. The van der Waals surface area contributed by atoms with E-state index in [9.17, 15) is 22.0 Å². The minimum Gasteiger partial charge on any atom is -0.348 e. The number of hydrogen-bond donors (Lipinski definition) is 2. The summed E-state index contributed by atoms with van der Waals surface area (Å²) in [6.07, 6.45) is 0. The fourth-order valence-electron chi connectivity index (χ4n) is 2.46. The fraction of sp³-hybridized carbons (Fsp3) is 0.0500. The van der Waals surface area contributed by atoms with Gasteiger partial charge in [-0.05, 0) is 54.6 Å². The van der Waals surface area contributed by atoms with Crippen molar-refractivity contribution in [1.29, 1.82) is 0 Å². The SMILES string of the molecule is O=C(NCc1cc(F)ccc1F)c1ccc(S(=O)(=O)Nc2ccccc2)cc1. The average Bonchev–Trinajstić information content (AvgIpc) is 2.69. The standard InChI is InChI=1S/C20H16F2N2O3S/c21-16-8-11-19(22)15(12-16)13-23-20(25)14-6-9-18(10-7-14)28(26,27)24-17-4-2-1-3-5-17/h1-12,24H,13H2,(H,23,25). The lowest BCUT2D eigenvalue weighted by Gasteiger charge is -2.09. The zero-order valence-electron chi connectivity index (χ0n) is 14.5. The first kappa shape index (κ1) is 19.5. The van der Waals surface area contributed by atoms with Gasteiger partial charge < -0.3 is 5.32 Å². The molecule has 144 valence electrons. The maximum atomic E-state index is 13.6. The van der Waals surface area contributed by atoms with Crippen molar-refractivity contribution in [2.75, 3.05) is 4.72 Å². The quantitative estimate of drug-likeness (QED) is 0.660. The van der Waals surface area contributed by atoms with Gasteiger partial charge in [-0.2, -0.15) is 0 Å². The summed E-state index contributed by atoms with van der Waals surface area (Å²) in [6, 6.07) is 16.6. The highest BCUT2D eigenvalue weighted by Crippen LogP contribution is 2.16. The number of hydrogen-bond acceptors (Lipinski definition) is 3. The minimum absolute atomic E-state index is 0.0101. The van der Waals surface area contributed by atoms with Gasteiger partial charge in [-0.15, -0.1) is 0 Å². The van der Waals surface area contributed by atoms with Crippen LogP contribution in [-0.2, 0) is 16.6 Å². The summed E-state index contributed by atoms with van der Waals surface area (Å²) in [5.74, 6) is -1.77. The van der Waals surface area contributed by atoms with Gasteiger partial charge in [0.25, 0.3) is 15.9 Å². The number of anilines is 1. The largest absolute Gasteiger partial charge is 0.348 e. The molecule has 0 heterocycles. The van der Waals surface area contributed by atoms with Crippen molar-refractivity contribution >= 4 is 21.6 Å². The molecule has 0 saturated carbocycles. The molecule has 0 aliphatic carbocycles. The third kappa shape index (κ3) is 4.72. The first-order valence-corrected chi connectivity index (χ1v) is 9.73. The second kappa shape index (κ2) is 8.18. The molecular weight excluding hydrogens is 386 g/mol. The first-order chi connectivity index (χ1) is 13.3.